The van der Waals surface area contributed by atoms with E-state index in [-0.39, 0.29) is 16.3 Å². The summed E-state index contributed by atoms with van der Waals surface area (Å²) in [5, 5.41) is 0. The van der Waals surface area contributed by atoms with Gasteiger partial charge in [-0.15, -0.1) is 0 Å². The molecule has 0 saturated carbocycles. The van der Waals surface area contributed by atoms with Crippen LogP contribution in [0.25, 0.3) is 0 Å². The van der Waals surface area contributed by atoms with E-state index in [1.54, 1.807) is 6.92 Å². The maximum absolute atomic E-state index is 13.8. The number of methoxy groups -OCH3 is 1. The molecule has 0 atom stereocenters. The lowest BCUT2D eigenvalue weighted by atomic mass is 10.3. The minimum absolute atomic E-state index is 0.0273. The maximum Gasteiger partial charge on any atom is 0.261 e. The van der Waals surface area contributed by atoms with E-state index in [2.05, 4.69) is 20.7 Å². The Hall–Kier alpha value is -1.80. The normalized spacial score (nSPS) is 11.1. The predicted molar refractivity (Wildman–Crippen MR) is 89.1 cm³/mol. The van der Waals surface area contributed by atoms with Gasteiger partial charge in [0.25, 0.3) is 10.0 Å². The fourth-order valence-corrected chi connectivity index (χ4v) is 3.63. The summed E-state index contributed by atoms with van der Waals surface area (Å²) in [6.07, 6.45) is 0. The molecule has 0 saturated heterocycles. The van der Waals surface area contributed by atoms with Crippen molar-refractivity contribution in [2.75, 3.05) is 18.4 Å². The average molecular weight is 404 g/mol. The van der Waals surface area contributed by atoms with E-state index in [9.17, 15) is 12.8 Å². The smallest absolute Gasteiger partial charge is 0.261 e. The summed E-state index contributed by atoms with van der Waals surface area (Å²) in [5.41, 5.74) is 0.109. The zero-order valence-electron chi connectivity index (χ0n) is 12.5. The van der Waals surface area contributed by atoms with Crippen molar-refractivity contribution < 1.29 is 22.3 Å². The van der Waals surface area contributed by atoms with Gasteiger partial charge in [0, 0.05) is 6.07 Å². The van der Waals surface area contributed by atoms with Crippen molar-refractivity contribution in [1.82, 2.24) is 0 Å². The first kappa shape index (κ1) is 17.6. The highest BCUT2D eigenvalue weighted by Gasteiger charge is 2.17. The van der Waals surface area contributed by atoms with E-state index >= 15 is 0 Å². The van der Waals surface area contributed by atoms with Gasteiger partial charge in [-0.3, -0.25) is 4.72 Å². The van der Waals surface area contributed by atoms with Crippen LogP contribution in [0.3, 0.4) is 0 Å². The number of halogens is 2. The average Bonchev–Trinajstić information content (AvgIpc) is 2.49. The van der Waals surface area contributed by atoms with Crippen molar-refractivity contribution in [2.24, 2.45) is 0 Å². The number of benzene rings is 2. The second-order valence-electron chi connectivity index (χ2n) is 4.48. The Morgan fingerprint density at radius 2 is 1.87 bits per heavy atom. The van der Waals surface area contributed by atoms with Crippen LogP contribution in [0.2, 0.25) is 0 Å². The lowest BCUT2D eigenvalue weighted by molar-refractivity contribution is 0.321. The monoisotopic (exact) mass is 403 g/mol. The molecule has 0 unspecified atom stereocenters. The highest BCUT2D eigenvalue weighted by molar-refractivity contribution is 9.10. The molecule has 2 aromatic carbocycles. The topological polar surface area (TPSA) is 64.6 Å². The molecule has 5 nitrogen and oxygen atoms in total. The molecular formula is C15H15BrFNO4S. The van der Waals surface area contributed by atoms with Gasteiger partial charge in [-0.1, -0.05) is 0 Å². The zero-order valence-corrected chi connectivity index (χ0v) is 14.9. The van der Waals surface area contributed by atoms with Crippen LogP contribution in [-0.4, -0.2) is 22.1 Å². The summed E-state index contributed by atoms with van der Waals surface area (Å²) in [5.74, 6) is -0.0540. The number of sulfonamides is 1. The molecule has 0 spiro atoms. The van der Waals surface area contributed by atoms with E-state index in [0.29, 0.717) is 16.8 Å². The van der Waals surface area contributed by atoms with Crippen LogP contribution >= 0.6 is 15.9 Å². The Morgan fingerprint density at radius 1 is 1.17 bits per heavy atom. The summed E-state index contributed by atoms with van der Waals surface area (Å²) >= 11 is 3.23. The van der Waals surface area contributed by atoms with Crippen molar-refractivity contribution in [3.8, 4) is 11.5 Å². The molecule has 23 heavy (non-hydrogen) atoms. The predicted octanol–water partition coefficient (Wildman–Crippen LogP) is 3.80. The number of ether oxygens (including phenoxy) is 2. The summed E-state index contributed by atoms with van der Waals surface area (Å²) in [7, 11) is -2.36. The molecule has 2 rings (SSSR count). The number of hydrogen-bond donors (Lipinski definition) is 1. The number of rotatable bonds is 6. The molecule has 0 fully saturated rings. The molecule has 0 heterocycles. The maximum atomic E-state index is 13.8. The Kier molecular flexibility index (Phi) is 5.48. The molecular weight excluding hydrogens is 389 g/mol. The van der Waals surface area contributed by atoms with Crippen LogP contribution in [0.4, 0.5) is 10.1 Å². The largest absolute Gasteiger partial charge is 0.496 e. The van der Waals surface area contributed by atoms with Gasteiger partial charge < -0.3 is 9.47 Å². The molecule has 8 heteroatoms. The van der Waals surface area contributed by atoms with E-state index in [0.717, 1.165) is 6.07 Å². The van der Waals surface area contributed by atoms with E-state index in [1.165, 1.54) is 37.4 Å². The molecule has 1 N–H and O–H groups in total. The second kappa shape index (κ2) is 7.18. The number of nitrogens with one attached hydrogen (secondary N) is 1. The summed E-state index contributed by atoms with van der Waals surface area (Å²) in [6.45, 7) is 2.06. The van der Waals surface area contributed by atoms with Crippen LogP contribution in [-0.2, 0) is 10.0 Å². The van der Waals surface area contributed by atoms with E-state index in [4.69, 9.17) is 9.47 Å². The van der Waals surface area contributed by atoms with Gasteiger partial charge >= 0.3 is 0 Å². The van der Waals surface area contributed by atoms with E-state index in [1.807, 2.05) is 0 Å². The molecule has 2 aromatic rings. The van der Waals surface area contributed by atoms with Crippen molar-refractivity contribution in [3.63, 3.8) is 0 Å². The van der Waals surface area contributed by atoms with Crippen molar-refractivity contribution in [2.45, 2.75) is 11.8 Å². The molecule has 0 aromatic heterocycles. The summed E-state index contributed by atoms with van der Waals surface area (Å²) < 4.78 is 51.4. The van der Waals surface area contributed by atoms with Gasteiger partial charge in [-0.2, -0.15) is 0 Å². The third kappa shape index (κ3) is 4.14. The number of anilines is 1. The van der Waals surface area contributed by atoms with Gasteiger partial charge in [0.05, 0.1) is 28.8 Å². The zero-order chi connectivity index (χ0) is 17.0. The van der Waals surface area contributed by atoms with Gasteiger partial charge in [-0.25, -0.2) is 12.8 Å². The lowest BCUT2D eigenvalue weighted by Gasteiger charge is -2.11. The van der Waals surface area contributed by atoms with Gasteiger partial charge in [0.1, 0.15) is 5.75 Å². The van der Waals surface area contributed by atoms with Crippen molar-refractivity contribution in [1.29, 1.82) is 0 Å². The van der Waals surface area contributed by atoms with Crippen LogP contribution in [0.15, 0.2) is 45.8 Å². The Labute approximate surface area is 142 Å². The standard InChI is InChI=1S/C15H15BrFNO4S/c1-3-22-15-6-4-10(8-13(15)17)18-23(19,20)11-5-7-14(21-2)12(16)9-11/h4-9,18H,3H2,1-2H3. The molecule has 0 bridgehead atoms. The fourth-order valence-electron chi connectivity index (χ4n) is 1.87. The fraction of sp³-hybridized carbons (Fsp3) is 0.200. The quantitative estimate of drug-likeness (QED) is 0.796. The molecule has 124 valence electrons. The molecule has 0 amide bonds. The molecule has 0 aliphatic carbocycles. The molecule has 0 aliphatic rings. The van der Waals surface area contributed by atoms with E-state index < -0.39 is 15.8 Å². The Bertz CT molecular complexity index is 811. The van der Waals surface area contributed by atoms with Crippen LogP contribution in [0, 0.1) is 5.82 Å². The Balaban J connectivity index is 2.27. The second-order valence-corrected chi connectivity index (χ2v) is 7.02. The lowest BCUT2D eigenvalue weighted by Crippen LogP contribution is -2.13. The van der Waals surface area contributed by atoms with Crippen LogP contribution in [0.1, 0.15) is 6.92 Å². The van der Waals surface area contributed by atoms with Crippen LogP contribution < -0.4 is 14.2 Å². The summed E-state index contributed by atoms with van der Waals surface area (Å²) in [4.78, 5) is 0.0273. The minimum Gasteiger partial charge on any atom is -0.496 e. The highest BCUT2D eigenvalue weighted by atomic mass is 79.9. The van der Waals surface area contributed by atoms with Crippen molar-refractivity contribution in [3.05, 3.63) is 46.7 Å². The number of hydrogen-bond acceptors (Lipinski definition) is 4. The first-order chi connectivity index (χ1) is 10.9. The van der Waals surface area contributed by atoms with Crippen LogP contribution in [0.5, 0.6) is 11.5 Å². The highest BCUT2D eigenvalue weighted by Crippen LogP contribution is 2.29. The third-order valence-corrected chi connectivity index (χ3v) is 4.92. The first-order valence-electron chi connectivity index (χ1n) is 6.66. The summed E-state index contributed by atoms with van der Waals surface area (Å²) in [6, 6.07) is 8.21. The molecule has 0 aliphatic heterocycles. The van der Waals surface area contributed by atoms with Gasteiger partial charge in [0.15, 0.2) is 11.6 Å². The third-order valence-electron chi connectivity index (χ3n) is 2.92. The molecule has 0 radical (unpaired) electrons. The van der Waals surface area contributed by atoms with Gasteiger partial charge in [-0.05, 0) is 53.2 Å². The first-order valence-corrected chi connectivity index (χ1v) is 8.93. The Morgan fingerprint density at radius 3 is 2.43 bits per heavy atom. The SMILES string of the molecule is CCOc1ccc(NS(=O)(=O)c2ccc(OC)c(Br)c2)cc1F. The van der Waals surface area contributed by atoms with Crippen molar-refractivity contribution >= 4 is 31.6 Å². The minimum atomic E-state index is -3.85. The van der Waals surface area contributed by atoms with Gasteiger partial charge in [0.2, 0.25) is 0 Å².